The molecular formula is C34H41NO5. The predicted octanol–water partition coefficient (Wildman–Crippen LogP) is 6.59. The highest BCUT2D eigenvalue weighted by molar-refractivity contribution is 5.89. The lowest BCUT2D eigenvalue weighted by Gasteiger charge is -2.32. The van der Waals surface area contributed by atoms with E-state index in [0.29, 0.717) is 29.0 Å². The molecule has 0 saturated heterocycles. The third-order valence-electron chi connectivity index (χ3n) is 6.92. The van der Waals surface area contributed by atoms with Crippen LogP contribution in [-0.2, 0) is 20.9 Å². The van der Waals surface area contributed by atoms with Crippen LogP contribution < -0.4 is 4.74 Å². The standard InChI is InChI=1S/C34H41NO5/c1-23(2)33(37)40-31-18-17-26(22-39-34(38)32(36)28-15-11-8-12-16-28)21-30(31)29(27-13-9-7-10-14-27)19-20-35(24(3)4)25(5)6/h7-18,21,24-25,29,32,36H,1,19-20,22H2,2-6H3. The Balaban J connectivity index is 1.95. The molecular weight excluding hydrogens is 502 g/mol. The second kappa shape index (κ2) is 14.6. The fraction of sp³-hybridized carbons (Fsp3) is 0.353. The van der Waals surface area contributed by atoms with E-state index in [0.717, 1.165) is 29.7 Å². The molecule has 0 aliphatic heterocycles. The summed E-state index contributed by atoms with van der Waals surface area (Å²) < 4.78 is 11.3. The molecule has 6 nitrogen and oxygen atoms in total. The molecule has 0 bridgehead atoms. The summed E-state index contributed by atoms with van der Waals surface area (Å²) in [5, 5.41) is 10.4. The Kier molecular flexibility index (Phi) is 11.2. The Morgan fingerprint density at radius 3 is 2.00 bits per heavy atom. The second-order valence-electron chi connectivity index (χ2n) is 10.6. The van der Waals surface area contributed by atoms with Crippen LogP contribution in [0.1, 0.15) is 75.3 Å². The van der Waals surface area contributed by atoms with E-state index in [9.17, 15) is 14.7 Å². The van der Waals surface area contributed by atoms with Crippen molar-refractivity contribution in [1.29, 1.82) is 0 Å². The van der Waals surface area contributed by atoms with Gasteiger partial charge in [-0.25, -0.2) is 9.59 Å². The molecule has 40 heavy (non-hydrogen) atoms. The van der Waals surface area contributed by atoms with Crippen LogP contribution in [0.15, 0.2) is 91.0 Å². The summed E-state index contributed by atoms with van der Waals surface area (Å²) >= 11 is 0. The van der Waals surface area contributed by atoms with Crippen LogP contribution in [0.25, 0.3) is 0 Å². The Morgan fingerprint density at radius 2 is 1.45 bits per heavy atom. The molecule has 2 unspecified atom stereocenters. The van der Waals surface area contributed by atoms with Crippen molar-refractivity contribution in [3.63, 3.8) is 0 Å². The highest BCUT2D eigenvalue weighted by Crippen LogP contribution is 2.36. The number of carbonyl (C=O) groups is 2. The van der Waals surface area contributed by atoms with Crippen molar-refractivity contribution in [2.45, 2.75) is 71.8 Å². The van der Waals surface area contributed by atoms with Crippen LogP contribution in [0.3, 0.4) is 0 Å². The van der Waals surface area contributed by atoms with Gasteiger partial charge in [0.05, 0.1) is 0 Å². The summed E-state index contributed by atoms with van der Waals surface area (Å²) in [6.45, 7) is 14.9. The first-order valence-electron chi connectivity index (χ1n) is 13.8. The molecule has 0 amide bonds. The molecule has 3 aromatic carbocycles. The molecule has 1 N–H and O–H groups in total. The molecule has 3 aromatic rings. The quantitative estimate of drug-likeness (QED) is 0.149. The summed E-state index contributed by atoms with van der Waals surface area (Å²) in [5.41, 5.74) is 3.42. The molecule has 0 aliphatic carbocycles. The molecule has 212 valence electrons. The first-order valence-corrected chi connectivity index (χ1v) is 13.8. The number of hydrogen-bond donors (Lipinski definition) is 1. The Hall–Kier alpha value is -3.74. The molecule has 0 heterocycles. The monoisotopic (exact) mass is 543 g/mol. The Morgan fingerprint density at radius 1 is 0.875 bits per heavy atom. The zero-order valence-corrected chi connectivity index (χ0v) is 24.2. The average molecular weight is 544 g/mol. The fourth-order valence-electron chi connectivity index (χ4n) is 4.82. The highest BCUT2D eigenvalue weighted by Gasteiger charge is 2.24. The maximum atomic E-state index is 12.6. The number of nitrogens with zero attached hydrogens (tertiary/aromatic N) is 1. The Labute approximate surface area is 238 Å². The van der Waals surface area contributed by atoms with Gasteiger partial charge in [-0.05, 0) is 76.4 Å². The lowest BCUT2D eigenvalue weighted by atomic mass is 9.86. The molecule has 0 aliphatic rings. The Bertz CT molecular complexity index is 1260. The van der Waals surface area contributed by atoms with Crippen LogP contribution in [0, 0.1) is 0 Å². The number of carbonyl (C=O) groups excluding carboxylic acids is 2. The van der Waals surface area contributed by atoms with Crippen molar-refractivity contribution in [3.05, 3.63) is 113 Å². The first-order chi connectivity index (χ1) is 19.1. The normalized spacial score (nSPS) is 12.8. The largest absolute Gasteiger partial charge is 0.459 e. The van der Waals surface area contributed by atoms with Gasteiger partial charge < -0.3 is 14.6 Å². The average Bonchev–Trinajstić information content (AvgIpc) is 2.94. The van der Waals surface area contributed by atoms with E-state index in [-0.39, 0.29) is 12.5 Å². The maximum Gasteiger partial charge on any atom is 0.339 e. The second-order valence-corrected chi connectivity index (χ2v) is 10.6. The number of esters is 2. The molecule has 2 atom stereocenters. The molecule has 3 rings (SSSR count). The zero-order chi connectivity index (χ0) is 29.2. The molecule has 0 saturated carbocycles. The van der Waals surface area contributed by atoms with E-state index in [2.05, 4.69) is 51.3 Å². The van der Waals surface area contributed by atoms with E-state index in [1.165, 1.54) is 0 Å². The van der Waals surface area contributed by atoms with Crippen molar-refractivity contribution < 1.29 is 24.2 Å². The minimum Gasteiger partial charge on any atom is -0.459 e. The van der Waals surface area contributed by atoms with Gasteiger partial charge in [0.1, 0.15) is 12.4 Å². The summed E-state index contributed by atoms with van der Waals surface area (Å²) in [6, 6.07) is 25.0. The van der Waals surface area contributed by atoms with Crippen molar-refractivity contribution in [1.82, 2.24) is 4.90 Å². The van der Waals surface area contributed by atoms with Gasteiger partial charge in [-0.3, -0.25) is 4.90 Å². The lowest BCUT2D eigenvalue weighted by molar-refractivity contribution is -0.155. The van der Waals surface area contributed by atoms with Crippen LogP contribution in [0.2, 0.25) is 0 Å². The fourth-order valence-corrected chi connectivity index (χ4v) is 4.82. The number of aliphatic hydroxyl groups excluding tert-OH is 1. The van der Waals surface area contributed by atoms with Crippen molar-refractivity contribution >= 4 is 11.9 Å². The van der Waals surface area contributed by atoms with Crippen molar-refractivity contribution in [3.8, 4) is 5.75 Å². The van der Waals surface area contributed by atoms with Crippen LogP contribution in [-0.4, -0.2) is 40.6 Å². The number of aliphatic hydroxyl groups is 1. The molecule has 6 heteroatoms. The van der Waals surface area contributed by atoms with Crippen LogP contribution in [0.4, 0.5) is 0 Å². The SMILES string of the molecule is C=C(C)C(=O)Oc1ccc(COC(=O)C(O)c2ccccc2)cc1C(CCN(C(C)C)C(C)C)c1ccccc1. The number of hydrogen-bond acceptors (Lipinski definition) is 6. The molecule has 0 radical (unpaired) electrons. The molecule has 0 spiro atoms. The van der Waals surface area contributed by atoms with E-state index in [1.807, 2.05) is 30.3 Å². The van der Waals surface area contributed by atoms with E-state index in [4.69, 9.17) is 9.47 Å². The van der Waals surface area contributed by atoms with Crippen LogP contribution in [0.5, 0.6) is 5.75 Å². The van der Waals surface area contributed by atoms with E-state index < -0.39 is 18.0 Å². The van der Waals surface area contributed by atoms with Crippen molar-refractivity contribution in [2.75, 3.05) is 6.54 Å². The van der Waals surface area contributed by atoms with Crippen molar-refractivity contribution in [2.24, 2.45) is 0 Å². The maximum absolute atomic E-state index is 12.6. The number of benzene rings is 3. The zero-order valence-electron chi connectivity index (χ0n) is 24.2. The molecule has 0 fully saturated rings. The van der Waals surface area contributed by atoms with Crippen LogP contribution >= 0.6 is 0 Å². The summed E-state index contributed by atoms with van der Waals surface area (Å²) in [7, 11) is 0. The van der Waals surface area contributed by atoms with Gasteiger partial charge in [0.15, 0.2) is 6.10 Å². The lowest BCUT2D eigenvalue weighted by Crippen LogP contribution is -2.38. The molecule has 0 aromatic heterocycles. The van der Waals surface area contributed by atoms with Gasteiger partial charge in [-0.2, -0.15) is 0 Å². The summed E-state index contributed by atoms with van der Waals surface area (Å²) in [5.74, 6) is -0.861. The topological polar surface area (TPSA) is 76.1 Å². The predicted molar refractivity (Wildman–Crippen MR) is 158 cm³/mol. The van der Waals surface area contributed by atoms with E-state index in [1.54, 1.807) is 43.3 Å². The van der Waals surface area contributed by atoms with Gasteiger partial charge >= 0.3 is 11.9 Å². The smallest absolute Gasteiger partial charge is 0.339 e. The third kappa shape index (κ3) is 8.38. The van der Waals surface area contributed by atoms with Gasteiger partial charge in [-0.15, -0.1) is 0 Å². The number of ether oxygens (including phenoxy) is 2. The highest BCUT2D eigenvalue weighted by atomic mass is 16.5. The number of rotatable bonds is 13. The van der Waals surface area contributed by atoms with Gasteiger partial charge in [0.2, 0.25) is 0 Å². The first kappa shape index (κ1) is 30.8. The summed E-state index contributed by atoms with van der Waals surface area (Å²) in [6.07, 6.45) is -0.583. The van der Waals surface area contributed by atoms with Gasteiger partial charge in [0, 0.05) is 29.1 Å². The van der Waals surface area contributed by atoms with Gasteiger partial charge in [-0.1, -0.05) is 73.3 Å². The van der Waals surface area contributed by atoms with E-state index >= 15 is 0 Å². The minimum atomic E-state index is -1.37. The third-order valence-corrected chi connectivity index (χ3v) is 6.92. The minimum absolute atomic E-state index is 0.0317. The summed E-state index contributed by atoms with van der Waals surface area (Å²) in [4.78, 5) is 27.6. The van der Waals surface area contributed by atoms with Gasteiger partial charge in [0.25, 0.3) is 0 Å².